The smallest absolute Gasteiger partial charge is 0.158 e. The molecule has 0 atom stereocenters. The molecule has 7 rings (SSSR count). The second-order valence-electron chi connectivity index (χ2n) is 9.22. The van der Waals surface area contributed by atoms with Crippen molar-refractivity contribution in [2.24, 2.45) is 0 Å². The van der Waals surface area contributed by atoms with E-state index in [1.54, 1.807) is 0 Å². The van der Waals surface area contributed by atoms with Crippen molar-refractivity contribution in [3.63, 3.8) is 0 Å². The van der Waals surface area contributed by atoms with Crippen LogP contribution in [-0.2, 0) is 5.41 Å². The fourth-order valence-electron chi connectivity index (χ4n) is 5.92. The van der Waals surface area contributed by atoms with Crippen LogP contribution in [0.3, 0.4) is 0 Å². The summed E-state index contributed by atoms with van der Waals surface area (Å²) in [6.07, 6.45) is 3.77. The maximum Gasteiger partial charge on any atom is 0.158 e. The molecule has 0 bridgehead atoms. The number of anilines is 3. The molecule has 4 heteroatoms. The third kappa shape index (κ3) is 2.74. The predicted octanol–water partition coefficient (Wildman–Crippen LogP) is 6.39. The van der Waals surface area contributed by atoms with E-state index in [4.69, 9.17) is 9.97 Å². The van der Waals surface area contributed by atoms with E-state index in [1.165, 1.54) is 27.8 Å². The molecule has 4 nitrogen and oxygen atoms in total. The topological polar surface area (TPSA) is 32.3 Å². The van der Waals surface area contributed by atoms with Crippen LogP contribution in [0.2, 0.25) is 0 Å². The predicted molar refractivity (Wildman–Crippen MR) is 141 cm³/mol. The normalized spacial score (nSPS) is 15.0. The summed E-state index contributed by atoms with van der Waals surface area (Å²) in [7, 11) is 2.11. The summed E-state index contributed by atoms with van der Waals surface area (Å²) < 4.78 is 0. The largest absolute Gasteiger partial charge is 0.354 e. The first-order valence-electron chi connectivity index (χ1n) is 11.9. The van der Waals surface area contributed by atoms with E-state index in [-0.39, 0.29) is 0 Å². The van der Waals surface area contributed by atoms with E-state index < -0.39 is 5.41 Å². The zero-order valence-electron chi connectivity index (χ0n) is 19.5. The SMILES string of the molecule is CN1CN(c2cccc(C3(c4ccccn4)c4ccccc4-c4ccccc43)c2)c2ncccc21. The minimum absolute atomic E-state index is 0.497. The molecule has 0 fully saturated rings. The van der Waals surface area contributed by atoms with E-state index in [0.29, 0.717) is 0 Å². The highest BCUT2D eigenvalue weighted by Gasteiger charge is 2.47. The van der Waals surface area contributed by atoms with Gasteiger partial charge >= 0.3 is 0 Å². The van der Waals surface area contributed by atoms with Gasteiger partial charge in [0.2, 0.25) is 0 Å². The molecule has 35 heavy (non-hydrogen) atoms. The zero-order chi connectivity index (χ0) is 23.4. The van der Waals surface area contributed by atoms with E-state index in [1.807, 2.05) is 24.5 Å². The van der Waals surface area contributed by atoms with Crippen molar-refractivity contribution < 1.29 is 0 Å². The van der Waals surface area contributed by atoms with Crippen molar-refractivity contribution >= 4 is 17.2 Å². The van der Waals surface area contributed by atoms with Gasteiger partial charge in [0.25, 0.3) is 0 Å². The Balaban J connectivity index is 1.51. The van der Waals surface area contributed by atoms with Gasteiger partial charge in [0.1, 0.15) is 0 Å². The summed E-state index contributed by atoms with van der Waals surface area (Å²) in [6, 6.07) is 36.8. The highest BCUT2D eigenvalue weighted by molar-refractivity contribution is 5.86. The van der Waals surface area contributed by atoms with E-state index in [9.17, 15) is 0 Å². The number of hydrogen-bond acceptors (Lipinski definition) is 4. The Kier molecular flexibility index (Phi) is 4.30. The van der Waals surface area contributed by atoms with E-state index in [2.05, 4.69) is 108 Å². The fraction of sp³-hybridized carbons (Fsp3) is 0.0968. The van der Waals surface area contributed by atoms with E-state index in [0.717, 1.165) is 29.6 Å². The molecule has 3 heterocycles. The van der Waals surface area contributed by atoms with Gasteiger partial charge in [-0.05, 0) is 64.2 Å². The zero-order valence-corrected chi connectivity index (χ0v) is 19.5. The molecule has 0 saturated heterocycles. The van der Waals surface area contributed by atoms with Crippen LogP contribution >= 0.6 is 0 Å². The Bertz CT molecular complexity index is 1510. The minimum Gasteiger partial charge on any atom is -0.354 e. The molecule has 0 saturated carbocycles. The van der Waals surface area contributed by atoms with Gasteiger partial charge in [0.15, 0.2) is 5.82 Å². The number of aromatic nitrogens is 2. The summed E-state index contributed by atoms with van der Waals surface area (Å²) in [6.45, 7) is 0.763. The van der Waals surface area contributed by atoms with Crippen LogP contribution in [0.25, 0.3) is 11.1 Å². The van der Waals surface area contributed by atoms with Gasteiger partial charge in [-0.2, -0.15) is 0 Å². The molecule has 168 valence electrons. The molecular weight excluding hydrogens is 428 g/mol. The molecule has 1 aliphatic carbocycles. The van der Waals surface area contributed by atoms with Crippen molar-refractivity contribution in [2.75, 3.05) is 23.5 Å². The Hall–Kier alpha value is -4.44. The molecule has 0 unspecified atom stereocenters. The van der Waals surface area contributed by atoms with E-state index >= 15 is 0 Å². The average molecular weight is 453 g/mol. The first-order chi connectivity index (χ1) is 17.3. The van der Waals surface area contributed by atoms with Gasteiger partial charge in [-0.25, -0.2) is 4.98 Å². The van der Waals surface area contributed by atoms with Crippen LogP contribution in [0.4, 0.5) is 17.2 Å². The van der Waals surface area contributed by atoms with Crippen LogP contribution in [0.1, 0.15) is 22.4 Å². The maximum absolute atomic E-state index is 4.95. The third-order valence-electron chi connectivity index (χ3n) is 7.38. The molecule has 0 N–H and O–H groups in total. The molecular formula is C31H24N4. The highest BCUT2D eigenvalue weighted by Crippen LogP contribution is 2.56. The molecule has 0 amide bonds. The van der Waals surface area contributed by atoms with Crippen molar-refractivity contribution in [3.8, 4) is 11.1 Å². The number of rotatable bonds is 3. The van der Waals surface area contributed by atoms with Crippen LogP contribution in [0.15, 0.2) is 116 Å². The quantitative estimate of drug-likeness (QED) is 0.312. The van der Waals surface area contributed by atoms with Gasteiger partial charge < -0.3 is 9.80 Å². The lowest BCUT2D eigenvalue weighted by Gasteiger charge is -2.33. The summed E-state index contributed by atoms with van der Waals surface area (Å²) in [5, 5.41) is 0. The van der Waals surface area contributed by atoms with Gasteiger partial charge in [-0.15, -0.1) is 0 Å². The molecule has 0 spiro atoms. The van der Waals surface area contributed by atoms with Crippen LogP contribution in [-0.4, -0.2) is 23.7 Å². The summed E-state index contributed by atoms with van der Waals surface area (Å²) in [5.41, 5.74) is 9.10. The van der Waals surface area contributed by atoms with Crippen molar-refractivity contribution in [1.29, 1.82) is 0 Å². The standard InChI is InChI=1S/C31H24N4/c1-34-21-35(30-28(34)16-9-19-33-30)23-11-8-10-22(20-23)31(29-17-6-7-18-32-29)26-14-4-2-12-24(26)25-13-3-5-15-27(25)31/h2-20H,21H2,1H3. The Morgan fingerprint density at radius 2 is 1.40 bits per heavy atom. The monoisotopic (exact) mass is 452 g/mol. The van der Waals surface area contributed by atoms with Gasteiger partial charge in [0.05, 0.1) is 23.5 Å². The van der Waals surface area contributed by atoms with Gasteiger partial charge in [-0.3, -0.25) is 4.98 Å². The van der Waals surface area contributed by atoms with Crippen molar-refractivity contribution in [1.82, 2.24) is 9.97 Å². The average Bonchev–Trinajstić information content (AvgIpc) is 3.43. The Morgan fingerprint density at radius 1 is 0.686 bits per heavy atom. The lowest BCUT2D eigenvalue weighted by Crippen LogP contribution is -2.30. The van der Waals surface area contributed by atoms with Gasteiger partial charge in [0, 0.05) is 25.1 Å². The summed E-state index contributed by atoms with van der Waals surface area (Å²) >= 11 is 0. The second kappa shape index (κ2) is 7.54. The van der Waals surface area contributed by atoms with Gasteiger partial charge in [-0.1, -0.05) is 66.7 Å². The molecule has 3 aromatic carbocycles. The number of nitrogens with zero attached hydrogens (tertiary/aromatic N) is 4. The Labute approximate surface area is 205 Å². The number of hydrogen-bond donors (Lipinski definition) is 0. The molecule has 0 radical (unpaired) electrons. The number of fused-ring (bicyclic) bond motifs is 4. The molecule has 2 aromatic heterocycles. The van der Waals surface area contributed by atoms with Crippen LogP contribution < -0.4 is 9.80 Å². The van der Waals surface area contributed by atoms with Crippen LogP contribution in [0.5, 0.6) is 0 Å². The number of benzene rings is 3. The summed E-state index contributed by atoms with van der Waals surface area (Å²) in [4.78, 5) is 14.2. The lowest BCUT2D eigenvalue weighted by molar-refractivity contribution is 0.734. The maximum atomic E-state index is 4.95. The molecule has 1 aliphatic heterocycles. The molecule has 5 aromatic rings. The first kappa shape index (κ1) is 20.0. The third-order valence-corrected chi connectivity index (χ3v) is 7.38. The van der Waals surface area contributed by atoms with Crippen molar-refractivity contribution in [2.45, 2.75) is 5.41 Å². The number of pyridine rings is 2. The van der Waals surface area contributed by atoms with Crippen LogP contribution in [0, 0.1) is 0 Å². The Morgan fingerprint density at radius 3 is 2.14 bits per heavy atom. The summed E-state index contributed by atoms with van der Waals surface area (Å²) in [5.74, 6) is 0.992. The highest BCUT2D eigenvalue weighted by atomic mass is 15.4. The second-order valence-corrected chi connectivity index (χ2v) is 9.22. The first-order valence-corrected chi connectivity index (χ1v) is 11.9. The fourth-order valence-corrected chi connectivity index (χ4v) is 5.92. The molecule has 2 aliphatic rings. The lowest BCUT2D eigenvalue weighted by atomic mass is 9.69. The minimum atomic E-state index is -0.497. The van der Waals surface area contributed by atoms with Crippen molar-refractivity contribution in [3.05, 3.63) is 138 Å².